The lowest BCUT2D eigenvalue weighted by atomic mass is 10.1. The lowest BCUT2D eigenvalue weighted by molar-refractivity contribution is -0.131. The fourth-order valence-electron chi connectivity index (χ4n) is 5.44. The van der Waals surface area contributed by atoms with Gasteiger partial charge in [0, 0.05) is 35.0 Å². The van der Waals surface area contributed by atoms with Crippen molar-refractivity contribution in [1.29, 1.82) is 0 Å². The van der Waals surface area contributed by atoms with Gasteiger partial charge in [-0.2, -0.15) is 0 Å². The maximum atomic E-state index is 12.7. The predicted octanol–water partition coefficient (Wildman–Crippen LogP) is 4.56. The summed E-state index contributed by atoms with van der Waals surface area (Å²) in [5.74, 6) is 0.753. The second-order valence-corrected chi connectivity index (χ2v) is 11.3. The number of nitrogens with zero attached hydrogens (tertiary/aromatic N) is 4. The molecule has 3 aromatic heterocycles. The Labute approximate surface area is 282 Å². The number of furan rings is 1. The van der Waals surface area contributed by atoms with E-state index in [4.69, 9.17) is 4.42 Å². The summed E-state index contributed by atoms with van der Waals surface area (Å²) in [4.78, 5) is 67.0. The Bertz CT molecular complexity index is 1810. The number of carbonyl (C=O) groups is 4. The van der Waals surface area contributed by atoms with Gasteiger partial charge in [0.2, 0.25) is 11.8 Å². The minimum absolute atomic E-state index is 0.164. The van der Waals surface area contributed by atoms with Crippen molar-refractivity contribution >= 4 is 45.9 Å². The van der Waals surface area contributed by atoms with Crippen molar-refractivity contribution in [3.05, 3.63) is 60.4 Å². The highest BCUT2D eigenvalue weighted by atomic mass is 16.5. The maximum Gasteiger partial charge on any atom is 0.407 e. The Morgan fingerprint density at radius 3 is 1.53 bits per heavy atom. The van der Waals surface area contributed by atoms with E-state index in [0.29, 0.717) is 35.9 Å². The fourth-order valence-corrected chi connectivity index (χ4v) is 5.44. The number of ether oxygens (including phenoxy) is 2. The van der Waals surface area contributed by atoms with Gasteiger partial charge in [-0.3, -0.25) is 9.59 Å². The van der Waals surface area contributed by atoms with Crippen LogP contribution in [0.15, 0.2) is 53.2 Å². The van der Waals surface area contributed by atoms with Crippen LogP contribution in [0.3, 0.4) is 0 Å². The number of aromatic nitrogens is 4. The third-order valence-corrected chi connectivity index (χ3v) is 7.86. The minimum atomic E-state index is -0.662. The minimum Gasteiger partial charge on any atom is -0.456 e. The van der Waals surface area contributed by atoms with E-state index in [1.165, 1.54) is 14.2 Å². The highest BCUT2D eigenvalue weighted by Crippen LogP contribution is 2.34. The monoisotopic (exact) mass is 672 g/mol. The van der Waals surface area contributed by atoms with E-state index in [-0.39, 0.29) is 38.0 Å². The summed E-state index contributed by atoms with van der Waals surface area (Å²) in [6, 6.07) is 11.9. The van der Waals surface area contributed by atoms with Gasteiger partial charge in [-0.05, 0) is 37.1 Å². The number of hydrogen-bond donors (Lipinski definition) is 4. The Morgan fingerprint density at radius 1 is 0.714 bits per heavy atom. The van der Waals surface area contributed by atoms with E-state index in [9.17, 15) is 19.2 Å². The zero-order valence-electron chi connectivity index (χ0n) is 27.9. The average molecular weight is 673 g/mol. The molecule has 0 aliphatic rings. The summed E-state index contributed by atoms with van der Waals surface area (Å²) < 4.78 is 15.4. The molecule has 0 saturated heterocycles. The quantitative estimate of drug-likeness (QED) is 0.131. The van der Waals surface area contributed by atoms with Gasteiger partial charge in [0.25, 0.3) is 0 Å². The number of methoxy groups -OCH3 is 2. The molecule has 0 aliphatic heterocycles. The largest absolute Gasteiger partial charge is 0.456 e. The van der Waals surface area contributed by atoms with Crippen molar-refractivity contribution in [2.75, 3.05) is 40.4 Å². The normalized spacial score (nSPS) is 11.0. The molecule has 4 N–H and O–H groups in total. The number of amides is 4. The number of benzene rings is 2. The summed E-state index contributed by atoms with van der Waals surface area (Å²) >= 11 is 0. The van der Waals surface area contributed by atoms with Crippen LogP contribution in [0.4, 0.5) is 9.59 Å². The zero-order valence-corrected chi connectivity index (χ0v) is 27.9. The van der Waals surface area contributed by atoms with Crippen molar-refractivity contribution in [3.8, 4) is 22.5 Å². The molecule has 15 heteroatoms. The molecule has 0 bridgehead atoms. The first kappa shape index (κ1) is 34.5. The first-order chi connectivity index (χ1) is 23.7. The van der Waals surface area contributed by atoms with Crippen molar-refractivity contribution in [3.63, 3.8) is 0 Å². The molecule has 5 rings (SSSR count). The van der Waals surface area contributed by atoms with Crippen LogP contribution in [-0.2, 0) is 32.2 Å². The van der Waals surface area contributed by atoms with Crippen molar-refractivity contribution in [2.24, 2.45) is 0 Å². The molecule has 2 aromatic carbocycles. The SMILES string of the molecule is CCCN(Cc1ncc(-c2ccc3c(c2)oc2cc(-c4cnc(CN(CCC)C(=O)CNC(=O)OC)[nH]4)ccc23)[nH]1)C(=O)CNC(=O)OC. The maximum absolute atomic E-state index is 12.7. The molecule has 0 unspecified atom stereocenters. The van der Waals surface area contributed by atoms with Crippen LogP contribution in [0.1, 0.15) is 38.3 Å². The Balaban J connectivity index is 1.29. The third kappa shape index (κ3) is 8.36. The lowest BCUT2D eigenvalue weighted by Crippen LogP contribution is -2.40. The average Bonchev–Trinajstić information content (AvgIpc) is 3.87. The van der Waals surface area contributed by atoms with E-state index < -0.39 is 12.2 Å². The van der Waals surface area contributed by atoms with Crippen molar-refractivity contribution in [2.45, 2.75) is 39.8 Å². The molecule has 258 valence electrons. The smallest absolute Gasteiger partial charge is 0.407 e. The van der Waals surface area contributed by atoms with Gasteiger partial charge in [0.1, 0.15) is 35.9 Å². The van der Waals surface area contributed by atoms with Crippen molar-refractivity contribution < 1.29 is 33.1 Å². The number of rotatable bonds is 14. The molecule has 49 heavy (non-hydrogen) atoms. The number of alkyl carbamates (subject to hydrolysis) is 2. The number of hydrogen-bond acceptors (Lipinski definition) is 9. The number of carbonyl (C=O) groups excluding carboxylic acids is 4. The molecule has 4 amide bonds. The molecule has 0 spiro atoms. The molecule has 0 aliphatic carbocycles. The first-order valence-corrected chi connectivity index (χ1v) is 16.0. The number of imidazole rings is 2. The summed E-state index contributed by atoms with van der Waals surface area (Å²) in [6.07, 6.45) is 3.62. The third-order valence-electron chi connectivity index (χ3n) is 7.86. The molecule has 15 nitrogen and oxygen atoms in total. The van der Waals surface area contributed by atoms with Crippen LogP contribution in [0, 0.1) is 0 Å². The standard InChI is InChI=1S/C34H40N8O7/c1-5-11-41(31(43)17-37-33(45)47-3)19-29-35-15-25(39-29)21-7-9-23-24-10-8-22(14-28(24)49-27(23)13-21)26-16-36-30(40-26)20-42(12-6-2)32(44)18-38-34(46)48-4/h7-10,13-16H,5-6,11-12,17-20H2,1-4H3,(H,35,39)(H,36,40)(H,37,45)(H,38,46). The number of aromatic amines is 2. The molecule has 0 fully saturated rings. The predicted molar refractivity (Wildman–Crippen MR) is 181 cm³/mol. The van der Waals surface area contributed by atoms with Gasteiger partial charge in [-0.15, -0.1) is 0 Å². The van der Waals surface area contributed by atoms with Gasteiger partial charge < -0.3 is 44.3 Å². The first-order valence-electron chi connectivity index (χ1n) is 16.0. The highest BCUT2D eigenvalue weighted by Gasteiger charge is 2.19. The van der Waals surface area contributed by atoms with Gasteiger partial charge in [-0.25, -0.2) is 19.6 Å². The summed E-state index contributed by atoms with van der Waals surface area (Å²) in [6.45, 7) is 5.17. The van der Waals surface area contributed by atoms with Crippen molar-refractivity contribution in [1.82, 2.24) is 40.4 Å². The molecule has 0 atom stereocenters. The van der Waals surface area contributed by atoms with Crippen LogP contribution in [0.5, 0.6) is 0 Å². The van der Waals surface area contributed by atoms with Gasteiger partial charge in [-0.1, -0.05) is 26.0 Å². The second-order valence-electron chi connectivity index (χ2n) is 11.3. The van der Waals surface area contributed by atoms with E-state index in [2.05, 4.69) is 40.0 Å². The number of fused-ring (bicyclic) bond motifs is 3. The molecular weight excluding hydrogens is 632 g/mol. The lowest BCUT2D eigenvalue weighted by Gasteiger charge is -2.21. The van der Waals surface area contributed by atoms with E-state index >= 15 is 0 Å². The van der Waals surface area contributed by atoms with Gasteiger partial charge in [0.05, 0.1) is 51.1 Å². The van der Waals surface area contributed by atoms with Crippen LogP contribution in [-0.4, -0.2) is 94.1 Å². The highest BCUT2D eigenvalue weighted by molar-refractivity contribution is 6.06. The van der Waals surface area contributed by atoms with Crippen LogP contribution >= 0.6 is 0 Å². The summed E-state index contributed by atoms with van der Waals surface area (Å²) in [7, 11) is 2.49. The van der Waals surface area contributed by atoms with Gasteiger partial charge >= 0.3 is 12.2 Å². The van der Waals surface area contributed by atoms with E-state index in [1.807, 2.05) is 50.2 Å². The van der Waals surface area contributed by atoms with Crippen LogP contribution in [0.2, 0.25) is 0 Å². The van der Waals surface area contributed by atoms with Crippen LogP contribution in [0.25, 0.3) is 44.5 Å². The molecular formula is C34H40N8O7. The number of H-pyrrole nitrogens is 2. The van der Waals surface area contributed by atoms with E-state index in [1.54, 1.807) is 22.2 Å². The Kier molecular flexibility index (Phi) is 11.1. The molecule has 3 heterocycles. The van der Waals surface area contributed by atoms with Crippen LogP contribution < -0.4 is 10.6 Å². The number of nitrogens with one attached hydrogen (secondary N) is 4. The molecule has 0 saturated carbocycles. The molecule has 5 aromatic rings. The summed E-state index contributed by atoms with van der Waals surface area (Å²) in [5, 5.41) is 6.78. The van der Waals surface area contributed by atoms with Gasteiger partial charge in [0.15, 0.2) is 0 Å². The summed E-state index contributed by atoms with van der Waals surface area (Å²) in [5.41, 5.74) is 4.71. The van der Waals surface area contributed by atoms with E-state index in [0.717, 1.165) is 46.1 Å². The Hall–Kier alpha value is -5.86. The topological polar surface area (TPSA) is 188 Å². The second kappa shape index (κ2) is 15.8. The Morgan fingerprint density at radius 2 is 1.14 bits per heavy atom. The fraction of sp³-hybridized carbons (Fsp3) is 0.353. The molecule has 0 radical (unpaired) electrons. The zero-order chi connectivity index (χ0) is 34.9.